The van der Waals surface area contributed by atoms with Crippen LogP contribution < -0.4 is 0 Å². The van der Waals surface area contributed by atoms with Crippen LogP contribution in [0, 0.1) is 0 Å². The smallest absolute Gasteiger partial charge is 0.223 e. The number of rotatable bonds is 4. The molecule has 1 fully saturated rings. The Labute approximate surface area is 163 Å². The van der Waals surface area contributed by atoms with Crippen molar-refractivity contribution in [3.63, 3.8) is 0 Å². The standard InChI is InChI=1S/C11F22/c12-1(2(13,14)5(19,20)8(25,26)6(21,22)3(1,15)16)4(17,18)7(23,24)9(27,28)10(29,30)11(31,32)33. The third kappa shape index (κ3) is 2.60. The normalized spacial score (nSPS) is 26.7. The van der Waals surface area contributed by atoms with Gasteiger partial charge in [-0.15, -0.1) is 0 Å². The molecular weight excluding hydrogens is 550 g/mol. The molecule has 0 nitrogen and oxygen atoms in total. The van der Waals surface area contributed by atoms with E-state index in [0.717, 1.165) is 0 Å². The highest BCUT2D eigenvalue weighted by Crippen LogP contribution is 2.75. The Kier molecular flexibility index (Phi) is 5.69. The molecule has 1 saturated carbocycles. The lowest BCUT2D eigenvalue weighted by molar-refractivity contribution is -0.526. The summed E-state index contributed by atoms with van der Waals surface area (Å²) in [4.78, 5) is 0. The highest BCUT2D eigenvalue weighted by atomic mass is 19.4. The average Bonchev–Trinajstić information content (AvgIpc) is 2.57. The Bertz CT molecular complexity index is 751. The van der Waals surface area contributed by atoms with Crippen molar-refractivity contribution in [2.24, 2.45) is 0 Å². The molecule has 0 unspecified atom stereocenters. The molecule has 0 spiro atoms. The van der Waals surface area contributed by atoms with Gasteiger partial charge in [-0.2, -0.15) is 92.2 Å². The predicted octanol–water partition coefficient (Wildman–Crippen LogP) is 6.99. The summed E-state index contributed by atoms with van der Waals surface area (Å²) in [6, 6.07) is 0. The first-order valence-electron chi connectivity index (χ1n) is 6.91. The van der Waals surface area contributed by atoms with Gasteiger partial charge in [-0.1, -0.05) is 0 Å². The van der Waals surface area contributed by atoms with Gasteiger partial charge in [-0.05, 0) is 0 Å². The van der Waals surface area contributed by atoms with Gasteiger partial charge in [0.2, 0.25) is 0 Å². The third-order valence-corrected chi connectivity index (χ3v) is 4.41. The van der Waals surface area contributed by atoms with Gasteiger partial charge in [0.1, 0.15) is 0 Å². The summed E-state index contributed by atoms with van der Waals surface area (Å²) in [6.45, 7) is 0. The average molecular weight is 550 g/mol. The lowest BCUT2D eigenvalue weighted by atomic mass is 9.67. The van der Waals surface area contributed by atoms with E-state index >= 15 is 0 Å². The van der Waals surface area contributed by atoms with E-state index in [1.807, 2.05) is 0 Å². The Morgan fingerprint density at radius 1 is 0.303 bits per heavy atom. The Hall–Kier alpha value is -1.54. The van der Waals surface area contributed by atoms with Gasteiger partial charge in [-0.3, -0.25) is 0 Å². The number of alkyl halides is 22. The predicted molar refractivity (Wildman–Crippen MR) is 54.4 cm³/mol. The number of hydrogen-bond donors (Lipinski definition) is 0. The van der Waals surface area contributed by atoms with E-state index in [2.05, 4.69) is 0 Å². The maximum absolute atomic E-state index is 14.1. The van der Waals surface area contributed by atoms with Crippen molar-refractivity contribution in [2.75, 3.05) is 0 Å². The molecule has 0 N–H and O–H groups in total. The second-order valence-electron chi connectivity index (χ2n) is 6.33. The number of halogens is 22. The van der Waals surface area contributed by atoms with Crippen molar-refractivity contribution in [3.8, 4) is 0 Å². The zero-order valence-corrected chi connectivity index (χ0v) is 13.8. The molecule has 1 aliphatic carbocycles. The van der Waals surface area contributed by atoms with Gasteiger partial charge >= 0.3 is 65.1 Å². The molecule has 0 amide bonds. The van der Waals surface area contributed by atoms with Gasteiger partial charge in [0.05, 0.1) is 0 Å². The van der Waals surface area contributed by atoms with Crippen LogP contribution >= 0.6 is 0 Å². The van der Waals surface area contributed by atoms with E-state index in [1.165, 1.54) is 0 Å². The quantitative estimate of drug-likeness (QED) is 0.332. The Balaban J connectivity index is 4.16. The molecule has 0 saturated heterocycles. The van der Waals surface area contributed by atoms with E-state index in [0.29, 0.717) is 0 Å². The van der Waals surface area contributed by atoms with E-state index in [1.54, 1.807) is 0 Å². The maximum Gasteiger partial charge on any atom is 0.460 e. The first kappa shape index (κ1) is 29.5. The molecule has 0 atom stereocenters. The molecule has 0 heterocycles. The van der Waals surface area contributed by atoms with Crippen molar-refractivity contribution in [1.29, 1.82) is 0 Å². The van der Waals surface area contributed by atoms with Gasteiger partial charge < -0.3 is 0 Å². The Morgan fingerprint density at radius 3 is 0.788 bits per heavy atom. The van der Waals surface area contributed by atoms with Crippen LogP contribution in [0.3, 0.4) is 0 Å². The summed E-state index contributed by atoms with van der Waals surface area (Å²) in [5.41, 5.74) is -9.34. The summed E-state index contributed by atoms with van der Waals surface area (Å²) >= 11 is 0. The summed E-state index contributed by atoms with van der Waals surface area (Å²) in [6.07, 6.45) is -8.10. The summed E-state index contributed by atoms with van der Waals surface area (Å²) in [5, 5.41) is 0. The molecule has 22 heteroatoms. The Morgan fingerprint density at radius 2 is 0.545 bits per heavy atom. The van der Waals surface area contributed by atoms with Crippen molar-refractivity contribution < 1.29 is 96.6 Å². The zero-order chi connectivity index (χ0) is 27.5. The maximum atomic E-state index is 14.1. The van der Waals surface area contributed by atoms with E-state index < -0.39 is 65.1 Å². The lowest BCUT2D eigenvalue weighted by Gasteiger charge is -2.55. The SMILES string of the molecule is FC(F)(F)C(F)(F)C(F)(F)C(F)(F)C(F)(F)C1(F)C(F)(F)C(F)(F)C(F)(F)C(F)(F)C1(F)F. The minimum atomic E-state index is -9.46. The van der Waals surface area contributed by atoms with Gasteiger partial charge in [-0.25, -0.2) is 4.39 Å². The fourth-order valence-corrected chi connectivity index (χ4v) is 2.40. The monoisotopic (exact) mass is 550 g/mol. The minimum absolute atomic E-state index is 8.10. The first-order chi connectivity index (χ1) is 13.8. The van der Waals surface area contributed by atoms with Crippen LogP contribution in [0.2, 0.25) is 0 Å². The molecule has 0 aromatic rings. The van der Waals surface area contributed by atoms with E-state index in [4.69, 9.17) is 0 Å². The fourth-order valence-electron chi connectivity index (χ4n) is 2.40. The molecule has 0 aromatic heterocycles. The molecule has 33 heavy (non-hydrogen) atoms. The largest absolute Gasteiger partial charge is 0.460 e. The van der Waals surface area contributed by atoms with Gasteiger partial charge in [0, 0.05) is 0 Å². The number of hydrogen-bond acceptors (Lipinski definition) is 0. The second kappa shape index (κ2) is 6.36. The second-order valence-corrected chi connectivity index (χ2v) is 6.33. The molecular formula is C11F22. The minimum Gasteiger partial charge on any atom is -0.223 e. The summed E-state index contributed by atoms with van der Waals surface area (Å²) < 4.78 is 287. The van der Waals surface area contributed by atoms with Crippen molar-refractivity contribution in [2.45, 2.75) is 65.1 Å². The van der Waals surface area contributed by atoms with Crippen LogP contribution in [-0.2, 0) is 0 Å². The van der Waals surface area contributed by atoms with Gasteiger partial charge in [0.25, 0.3) is 0 Å². The molecule has 0 aliphatic heterocycles. The van der Waals surface area contributed by atoms with E-state index in [-0.39, 0.29) is 0 Å². The summed E-state index contributed by atoms with van der Waals surface area (Å²) in [7, 11) is 0. The molecule has 198 valence electrons. The van der Waals surface area contributed by atoms with Gasteiger partial charge in [0.15, 0.2) is 0 Å². The van der Waals surface area contributed by atoms with Crippen LogP contribution in [0.25, 0.3) is 0 Å². The topological polar surface area (TPSA) is 0 Å². The summed E-state index contributed by atoms with van der Waals surface area (Å²) in [5.74, 6) is -79.8. The first-order valence-corrected chi connectivity index (χ1v) is 6.91. The van der Waals surface area contributed by atoms with Crippen molar-refractivity contribution in [3.05, 3.63) is 0 Å². The third-order valence-electron chi connectivity index (χ3n) is 4.41. The highest BCUT2D eigenvalue weighted by molar-refractivity contribution is 5.32. The molecule has 1 rings (SSSR count). The van der Waals surface area contributed by atoms with Crippen LogP contribution in [0.1, 0.15) is 0 Å². The van der Waals surface area contributed by atoms with Crippen molar-refractivity contribution in [1.82, 2.24) is 0 Å². The van der Waals surface area contributed by atoms with Crippen LogP contribution in [0.4, 0.5) is 96.6 Å². The van der Waals surface area contributed by atoms with E-state index in [9.17, 15) is 96.6 Å². The van der Waals surface area contributed by atoms with Crippen LogP contribution in [-0.4, -0.2) is 65.1 Å². The fraction of sp³-hybridized carbons (Fsp3) is 1.00. The van der Waals surface area contributed by atoms with Crippen LogP contribution in [0.15, 0.2) is 0 Å². The molecule has 1 aliphatic rings. The molecule has 0 bridgehead atoms. The highest BCUT2D eigenvalue weighted by Gasteiger charge is 3.08. The molecule has 0 radical (unpaired) electrons. The lowest BCUT2D eigenvalue weighted by Crippen LogP contribution is -2.89. The van der Waals surface area contributed by atoms with Crippen LogP contribution in [0.5, 0.6) is 0 Å². The zero-order valence-electron chi connectivity index (χ0n) is 13.8. The van der Waals surface area contributed by atoms with Crippen molar-refractivity contribution >= 4 is 0 Å². The molecule has 0 aromatic carbocycles.